The Balaban J connectivity index is 0.000000208. The van der Waals surface area contributed by atoms with Crippen molar-refractivity contribution in [3.8, 4) is 0 Å². The van der Waals surface area contributed by atoms with E-state index in [-0.39, 0.29) is 10.3 Å². The van der Waals surface area contributed by atoms with Gasteiger partial charge in [-0.3, -0.25) is 9.96 Å². The van der Waals surface area contributed by atoms with Crippen molar-refractivity contribution in [2.75, 3.05) is 6.61 Å². The summed E-state index contributed by atoms with van der Waals surface area (Å²) >= 11 is 1.58. The zero-order valence-electron chi connectivity index (χ0n) is 16.2. The van der Waals surface area contributed by atoms with Crippen molar-refractivity contribution < 1.29 is 17.7 Å². The fourth-order valence-electron chi connectivity index (χ4n) is 2.59. The number of ether oxygens (including phenoxy) is 1. The number of aryl methyl sites for hydroxylation is 1. The maximum atomic E-state index is 10.5. The van der Waals surface area contributed by atoms with E-state index in [0.29, 0.717) is 10.9 Å². The molecule has 1 aliphatic rings. The first kappa shape index (κ1) is 21.8. The molecule has 1 aromatic heterocycles. The van der Waals surface area contributed by atoms with E-state index in [1.165, 1.54) is 17.0 Å². The van der Waals surface area contributed by atoms with Gasteiger partial charge in [0, 0.05) is 17.7 Å². The number of nitrogens with zero attached hydrogens (tertiary/aromatic N) is 1. The summed E-state index contributed by atoms with van der Waals surface area (Å²) < 4.78 is 37.2. The summed E-state index contributed by atoms with van der Waals surface area (Å²) in [6.45, 7) is 10.1. The molecule has 1 aliphatic heterocycles. The Hall–Kier alpha value is -1.48. The number of hydrogen-bond donors (Lipinski definition) is 2. The average Bonchev–Trinajstić information content (AvgIpc) is 3.18. The van der Waals surface area contributed by atoms with E-state index < -0.39 is 10.1 Å². The first-order chi connectivity index (χ1) is 12.5. The number of thiazole rings is 1. The molecule has 0 amide bonds. The first-order valence-electron chi connectivity index (χ1n) is 8.88. The third kappa shape index (κ3) is 6.57. The molecule has 2 N–H and O–H groups in total. The van der Waals surface area contributed by atoms with Crippen molar-refractivity contribution in [3.05, 3.63) is 45.7 Å². The molecule has 8 heteroatoms. The topological polar surface area (TPSA) is 92.4 Å². The van der Waals surface area contributed by atoms with Gasteiger partial charge in [-0.05, 0) is 37.3 Å². The molecule has 6 nitrogen and oxygen atoms in total. The monoisotopic (exact) mass is 412 g/mol. The van der Waals surface area contributed by atoms with Gasteiger partial charge in [-0.25, -0.2) is 0 Å². The number of nitrogens with one attached hydrogen (secondary N) is 1. The van der Waals surface area contributed by atoms with E-state index in [2.05, 4.69) is 27.0 Å². The lowest BCUT2D eigenvalue weighted by atomic mass is 9.95. The Labute approximate surface area is 165 Å². The summed E-state index contributed by atoms with van der Waals surface area (Å²) in [5.41, 5.74) is 1.10. The maximum absolute atomic E-state index is 10.5. The predicted molar refractivity (Wildman–Crippen MR) is 107 cm³/mol. The third-order valence-corrected chi connectivity index (χ3v) is 6.46. The van der Waals surface area contributed by atoms with Crippen LogP contribution in [0.2, 0.25) is 0 Å². The Kier molecular flexibility index (Phi) is 7.02. The highest BCUT2D eigenvalue weighted by Gasteiger charge is 2.20. The minimum Gasteiger partial charge on any atom is -0.376 e. The van der Waals surface area contributed by atoms with Gasteiger partial charge in [0.05, 0.1) is 17.5 Å². The largest absolute Gasteiger partial charge is 0.376 e. The van der Waals surface area contributed by atoms with Gasteiger partial charge in [0.25, 0.3) is 10.1 Å². The molecule has 1 fully saturated rings. The summed E-state index contributed by atoms with van der Waals surface area (Å²) in [5.74, 6) is 0. The normalized spacial score (nSPS) is 17.4. The number of benzene rings is 1. The highest BCUT2D eigenvalue weighted by Crippen LogP contribution is 2.24. The van der Waals surface area contributed by atoms with Crippen LogP contribution in [0.3, 0.4) is 0 Å². The Morgan fingerprint density at radius 1 is 1.30 bits per heavy atom. The Morgan fingerprint density at radius 2 is 1.93 bits per heavy atom. The number of rotatable bonds is 3. The molecule has 2 aromatic rings. The second-order valence-electron chi connectivity index (χ2n) is 7.73. The van der Waals surface area contributed by atoms with E-state index in [9.17, 15) is 8.42 Å². The molecule has 0 radical (unpaired) electrons. The van der Waals surface area contributed by atoms with Crippen molar-refractivity contribution >= 4 is 21.5 Å². The molecule has 1 saturated heterocycles. The summed E-state index contributed by atoms with van der Waals surface area (Å²) in [5, 5.41) is 7.96. The van der Waals surface area contributed by atoms with Gasteiger partial charge in [-0.1, -0.05) is 38.5 Å². The standard InChI is InChI=1S/C12H20N2OS.C7H8O3S/c1-12(2,3)10-8-14(11(13)16-10)7-9-5-4-6-15-9;1-6-2-4-7(5-3-6)11(8,9)10/h8-9,13H,4-7H2,1-3H3;2-5H,1H3,(H,8,9,10)/t9-;/m1./s1. The summed E-state index contributed by atoms with van der Waals surface area (Å²) in [6.07, 6.45) is 4.73. The minimum atomic E-state index is -4.02. The van der Waals surface area contributed by atoms with Gasteiger partial charge in [-0.2, -0.15) is 8.42 Å². The summed E-state index contributed by atoms with van der Waals surface area (Å²) in [6, 6.07) is 5.99. The quantitative estimate of drug-likeness (QED) is 0.751. The fourth-order valence-corrected chi connectivity index (χ4v) is 4.01. The molecule has 1 aromatic carbocycles. The van der Waals surface area contributed by atoms with Crippen molar-refractivity contribution in [2.24, 2.45) is 0 Å². The second-order valence-corrected chi connectivity index (χ2v) is 10.2. The smallest absolute Gasteiger partial charge is 0.294 e. The van der Waals surface area contributed by atoms with E-state index in [0.717, 1.165) is 31.6 Å². The predicted octanol–water partition coefficient (Wildman–Crippen LogP) is 3.75. The van der Waals surface area contributed by atoms with E-state index >= 15 is 0 Å². The SMILES string of the molecule is CC(C)(C)c1cn(C[C@H]2CCCO2)c(=N)s1.Cc1ccc(S(=O)(=O)O)cc1. The van der Waals surface area contributed by atoms with Gasteiger partial charge in [0.15, 0.2) is 4.80 Å². The molecule has 1 atom stereocenters. The van der Waals surface area contributed by atoms with Crippen LogP contribution in [0.1, 0.15) is 44.1 Å². The Bertz CT molecular complexity index is 900. The fraction of sp³-hybridized carbons (Fsp3) is 0.526. The molecule has 0 unspecified atom stereocenters. The van der Waals surface area contributed by atoms with Gasteiger partial charge >= 0.3 is 0 Å². The number of hydrogen-bond acceptors (Lipinski definition) is 5. The van der Waals surface area contributed by atoms with Crippen LogP contribution < -0.4 is 4.80 Å². The average molecular weight is 413 g/mol. The van der Waals surface area contributed by atoms with Crippen LogP contribution in [0.5, 0.6) is 0 Å². The lowest BCUT2D eigenvalue weighted by Crippen LogP contribution is -2.21. The first-order valence-corrected chi connectivity index (χ1v) is 11.1. The Morgan fingerprint density at radius 3 is 2.37 bits per heavy atom. The lowest BCUT2D eigenvalue weighted by molar-refractivity contribution is 0.0962. The van der Waals surface area contributed by atoms with Crippen LogP contribution in [0.25, 0.3) is 0 Å². The molecule has 0 saturated carbocycles. The molecule has 27 heavy (non-hydrogen) atoms. The molecule has 2 heterocycles. The van der Waals surface area contributed by atoms with Crippen LogP contribution in [-0.4, -0.2) is 30.2 Å². The van der Waals surface area contributed by atoms with E-state index in [1.807, 2.05) is 11.5 Å². The highest BCUT2D eigenvalue weighted by atomic mass is 32.2. The zero-order valence-corrected chi connectivity index (χ0v) is 17.9. The van der Waals surface area contributed by atoms with Gasteiger partial charge in [0.2, 0.25) is 0 Å². The van der Waals surface area contributed by atoms with Gasteiger partial charge < -0.3 is 9.30 Å². The van der Waals surface area contributed by atoms with Crippen LogP contribution >= 0.6 is 11.3 Å². The zero-order chi connectivity index (χ0) is 20.2. The maximum Gasteiger partial charge on any atom is 0.294 e. The molecule has 0 spiro atoms. The molecule has 0 bridgehead atoms. The van der Waals surface area contributed by atoms with Gasteiger partial charge in [-0.15, -0.1) is 11.3 Å². The second kappa shape index (κ2) is 8.68. The van der Waals surface area contributed by atoms with Gasteiger partial charge in [0.1, 0.15) is 0 Å². The van der Waals surface area contributed by atoms with Crippen molar-refractivity contribution in [2.45, 2.75) is 63.5 Å². The summed E-state index contributed by atoms with van der Waals surface area (Å²) in [7, 11) is -4.02. The molecule has 0 aliphatic carbocycles. The lowest BCUT2D eigenvalue weighted by Gasteiger charge is -2.15. The molecule has 3 rings (SSSR count). The van der Waals surface area contributed by atoms with Crippen LogP contribution in [-0.2, 0) is 26.8 Å². The summed E-state index contributed by atoms with van der Waals surface area (Å²) in [4.78, 5) is 1.85. The molecular weight excluding hydrogens is 384 g/mol. The highest BCUT2D eigenvalue weighted by molar-refractivity contribution is 7.85. The van der Waals surface area contributed by atoms with Crippen molar-refractivity contribution in [1.82, 2.24) is 4.57 Å². The third-order valence-electron chi connectivity index (χ3n) is 4.22. The van der Waals surface area contributed by atoms with Crippen LogP contribution in [0, 0.1) is 12.3 Å². The van der Waals surface area contributed by atoms with Crippen LogP contribution in [0.4, 0.5) is 0 Å². The van der Waals surface area contributed by atoms with Crippen molar-refractivity contribution in [1.29, 1.82) is 5.41 Å². The molecule has 150 valence electrons. The van der Waals surface area contributed by atoms with E-state index in [4.69, 9.17) is 14.7 Å². The van der Waals surface area contributed by atoms with Crippen LogP contribution in [0.15, 0.2) is 35.4 Å². The van der Waals surface area contributed by atoms with Crippen molar-refractivity contribution in [3.63, 3.8) is 0 Å². The van der Waals surface area contributed by atoms with E-state index in [1.54, 1.807) is 23.5 Å². The molecular formula is C19H28N2O4S2. The minimum absolute atomic E-state index is 0.0666. The number of aromatic nitrogens is 1.